The first-order valence-electron chi connectivity index (χ1n) is 12.6. The van der Waals surface area contributed by atoms with Gasteiger partial charge >= 0.3 is 0 Å². The van der Waals surface area contributed by atoms with Crippen molar-refractivity contribution < 1.29 is 18.6 Å². The fourth-order valence-electron chi connectivity index (χ4n) is 3.95. The molecule has 3 unspecified atom stereocenters. The average Bonchev–Trinajstić information content (AvgIpc) is 2.85. The summed E-state index contributed by atoms with van der Waals surface area (Å²) >= 11 is 6.55. The molecule has 0 aliphatic carbocycles. The number of ether oxygens (including phenoxy) is 3. The molecule has 1 aliphatic rings. The Balaban J connectivity index is 1.80. The Bertz CT molecular complexity index is 912. The summed E-state index contributed by atoms with van der Waals surface area (Å²) in [4.78, 5) is 0. The van der Waals surface area contributed by atoms with Crippen molar-refractivity contribution in [2.75, 3.05) is 19.8 Å². The molecule has 0 fully saturated rings. The number of unbranched alkanes of at least 4 members (excludes halogenated alkanes) is 2. The maximum absolute atomic E-state index is 15.2. The zero-order chi connectivity index (χ0) is 24.3. The number of hydrogen-bond acceptors (Lipinski definition) is 3. The van der Waals surface area contributed by atoms with E-state index in [1.54, 1.807) is 6.08 Å². The number of hydrogen-bond donors (Lipinski definition) is 0. The second-order valence-corrected chi connectivity index (χ2v) is 9.30. The van der Waals surface area contributed by atoms with Crippen molar-refractivity contribution in [1.82, 2.24) is 0 Å². The lowest BCUT2D eigenvalue weighted by atomic mass is 9.97. The molecule has 3 rings (SSSR count). The smallest absolute Gasteiger partial charge is 0.185 e. The van der Waals surface area contributed by atoms with Crippen LogP contribution in [0.1, 0.15) is 74.8 Å². The van der Waals surface area contributed by atoms with Crippen molar-refractivity contribution >= 4 is 11.6 Å². The summed E-state index contributed by atoms with van der Waals surface area (Å²) in [6.07, 6.45) is 4.92. The molecule has 1 heterocycles. The SMILES string of the molecule is CCCCOCC1OC(c2ccc(Cl)c(Cc3ccc(CC)cc3)c2)C=C(OCCCC)C1F. The number of alkyl halides is 1. The molecule has 0 bridgehead atoms. The van der Waals surface area contributed by atoms with E-state index in [0.717, 1.165) is 49.7 Å². The van der Waals surface area contributed by atoms with Crippen LogP contribution >= 0.6 is 11.6 Å². The van der Waals surface area contributed by atoms with Crippen molar-refractivity contribution in [3.63, 3.8) is 0 Å². The highest BCUT2D eigenvalue weighted by Gasteiger charge is 2.35. The molecule has 1 aliphatic heterocycles. The first-order valence-corrected chi connectivity index (χ1v) is 13.0. The van der Waals surface area contributed by atoms with E-state index in [0.29, 0.717) is 24.0 Å². The third kappa shape index (κ3) is 7.56. The minimum atomic E-state index is -1.33. The van der Waals surface area contributed by atoms with E-state index in [1.165, 1.54) is 11.1 Å². The van der Waals surface area contributed by atoms with E-state index in [-0.39, 0.29) is 6.61 Å². The Morgan fingerprint density at radius 2 is 1.65 bits per heavy atom. The molecule has 186 valence electrons. The molecule has 2 aromatic carbocycles. The summed E-state index contributed by atoms with van der Waals surface area (Å²) in [6.45, 7) is 7.65. The number of halogens is 2. The highest BCUT2D eigenvalue weighted by atomic mass is 35.5. The van der Waals surface area contributed by atoms with Crippen LogP contribution in [0.3, 0.4) is 0 Å². The van der Waals surface area contributed by atoms with Crippen LogP contribution in [-0.2, 0) is 27.1 Å². The van der Waals surface area contributed by atoms with E-state index in [4.69, 9.17) is 25.8 Å². The Labute approximate surface area is 209 Å². The van der Waals surface area contributed by atoms with Crippen LogP contribution in [-0.4, -0.2) is 32.1 Å². The molecule has 0 spiro atoms. The number of benzene rings is 2. The van der Waals surface area contributed by atoms with Crippen LogP contribution in [0.25, 0.3) is 0 Å². The lowest BCUT2D eigenvalue weighted by Crippen LogP contribution is -2.37. The van der Waals surface area contributed by atoms with E-state index in [9.17, 15) is 0 Å². The summed E-state index contributed by atoms with van der Waals surface area (Å²) in [5, 5.41) is 0.713. The van der Waals surface area contributed by atoms with Gasteiger partial charge in [0.1, 0.15) is 18.0 Å². The largest absolute Gasteiger partial charge is 0.495 e. The third-order valence-electron chi connectivity index (χ3n) is 6.15. The van der Waals surface area contributed by atoms with Crippen LogP contribution in [0.2, 0.25) is 5.02 Å². The van der Waals surface area contributed by atoms with Gasteiger partial charge in [0.05, 0.1) is 13.2 Å². The van der Waals surface area contributed by atoms with Crippen molar-refractivity contribution in [1.29, 1.82) is 0 Å². The molecule has 2 aromatic rings. The van der Waals surface area contributed by atoms with E-state index in [1.807, 2.05) is 12.1 Å². The van der Waals surface area contributed by atoms with Crippen LogP contribution in [0.4, 0.5) is 4.39 Å². The standard InChI is InChI=1S/C29H38ClFO3/c1-4-7-15-32-20-28-29(31)27(33-16-8-5-2)19-26(34-28)23-13-14-25(30)24(18-23)17-22-11-9-21(6-3)10-12-22/h9-14,18-19,26,28-29H,4-8,15-17,20H2,1-3H3. The van der Waals surface area contributed by atoms with Crippen LogP contribution in [0, 0.1) is 0 Å². The number of aryl methyl sites for hydroxylation is 1. The normalized spacial score (nSPS) is 20.3. The van der Waals surface area contributed by atoms with Gasteiger partial charge in [0.25, 0.3) is 0 Å². The van der Waals surface area contributed by atoms with Crippen molar-refractivity contribution in [2.24, 2.45) is 0 Å². The molecule has 5 heteroatoms. The Hall–Kier alpha value is -1.88. The first kappa shape index (κ1) is 26.7. The van der Waals surface area contributed by atoms with Gasteiger partial charge in [0.2, 0.25) is 0 Å². The van der Waals surface area contributed by atoms with Gasteiger partial charge in [-0.1, -0.05) is 81.6 Å². The molecule has 3 nitrogen and oxygen atoms in total. The monoisotopic (exact) mass is 488 g/mol. The molecule has 0 aromatic heterocycles. The molecule has 0 saturated carbocycles. The minimum Gasteiger partial charge on any atom is -0.495 e. The van der Waals surface area contributed by atoms with Gasteiger partial charge in [-0.05, 0) is 60.1 Å². The third-order valence-corrected chi connectivity index (χ3v) is 6.52. The summed E-state index contributed by atoms with van der Waals surface area (Å²) in [6, 6.07) is 14.5. The quantitative estimate of drug-likeness (QED) is 0.269. The molecule has 34 heavy (non-hydrogen) atoms. The molecule has 0 amide bonds. The minimum absolute atomic E-state index is 0.205. The van der Waals surface area contributed by atoms with Crippen molar-refractivity contribution in [2.45, 2.75) is 77.7 Å². The molecule has 0 N–H and O–H groups in total. The maximum atomic E-state index is 15.2. The fourth-order valence-corrected chi connectivity index (χ4v) is 4.13. The second-order valence-electron chi connectivity index (χ2n) is 8.89. The number of rotatable bonds is 13. The predicted molar refractivity (Wildman–Crippen MR) is 137 cm³/mol. The molecule has 0 saturated heterocycles. The van der Waals surface area contributed by atoms with Gasteiger partial charge in [-0.2, -0.15) is 0 Å². The van der Waals surface area contributed by atoms with Crippen molar-refractivity contribution in [3.05, 3.63) is 81.6 Å². The lowest BCUT2D eigenvalue weighted by Gasteiger charge is -2.32. The second kappa shape index (κ2) is 13.9. The molecular formula is C29H38ClFO3. The lowest BCUT2D eigenvalue weighted by molar-refractivity contribution is -0.0946. The maximum Gasteiger partial charge on any atom is 0.185 e. The van der Waals surface area contributed by atoms with Gasteiger partial charge in [-0.25, -0.2) is 4.39 Å². The Morgan fingerprint density at radius 3 is 2.35 bits per heavy atom. The highest BCUT2D eigenvalue weighted by Crippen LogP contribution is 2.34. The molecule has 0 radical (unpaired) electrons. The van der Waals surface area contributed by atoms with E-state index in [2.05, 4.69) is 51.1 Å². The molecule has 3 atom stereocenters. The summed E-state index contributed by atoms with van der Waals surface area (Å²) < 4.78 is 32.9. The van der Waals surface area contributed by atoms with Gasteiger partial charge in [0, 0.05) is 11.6 Å². The Morgan fingerprint density at radius 1 is 0.941 bits per heavy atom. The average molecular weight is 489 g/mol. The van der Waals surface area contributed by atoms with Gasteiger partial charge in [0.15, 0.2) is 6.17 Å². The van der Waals surface area contributed by atoms with Gasteiger partial charge < -0.3 is 14.2 Å². The van der Waals surface area contributed by atoms with Crippen LogP contribution < -0.4 is 0 Å². The van der Waals surface area contributed by atoms with Crippen molar-refractivity contribution in [3.8, 4) is 0 Å². The summed E-state index contributed by atoms with van der Waals surface area (Å²) in [5.41, 5.74) is 4.47. The van der Waals surface area contributed by atoms with Gasteiger partial charge in [-0.15, -0.1) is 0 Å². The van der Waals surface area contributed by atoms with E-state index >= 15 is 4.39 Å². The van der Waals surface area contributed by atoms with Crippen LogP contribution in [0.15, 0.2) is 54.3 Å². The predicted octanol–water partition coefficient (Wildman–Crippen LogP) is 7.79. The first-order chi connectivity index (χ1) is 16.5. The van der Waals surface area contributed by atoms with Crippen LogP contribution in [0.5, 0.6) is 0 Å². The highest BCUT2D eigenvalue weighted by molar-refractivity contribution is 6.31. The van der Waals surface area contributed by atoms with E-state index < -0.39 is 18.4 Å². The zero-order valence-corrected chi connectivity index (χ0v) is 21.5. The zero-order valence-electron chi connectivity index (χ0n) is 20.7. The Kier molecular flexibility index (Phi) is 10.9. The molecular weight excluding hydrogens is 451 g/mol. The van der Waals surface area contributed by atoms with Gasteiger partial charge in [-0.3, -0.25) is 0 Å². The fraction of sp³-hybridized carbons (Fsp3) is 0.517. The summed E-state index contributed by atoms with van der Waals surface area (Å²) in [7, 11) is 0. The summed E-state index contributed by atoms with van der Waals surface area (Å²) in [5.74, 6) is 0.348. The topological polar surface area (TPSA) is 27.7 Å².